The summed E-state index contributed by atoms with van der Waals surface area (Å²) in [4.78, 5) is 23.8. The first kappa shape index (κ1) is 17.2. The van der Waals surface area contributed by atoms with E-state index in [-0.39, 0.29) is 29.9 Å². The molecule has 1 aromatic rings. The van der Waals surface area contributed by atoms with E-state index in [2.05, 4.69) is 10.6 Å². The van der Waals surface area contributed by atoms with Crippen molar-refractivity contribution in [3.8, 4) is 0 Å². The summed E-state index contributed by atoms with van der Waals surface area (Å²) < 4.78 is 4.82. The number of nitrogens with one attached hydrogen (secondary N) is 2. The lowest BCUT2D eigenvalue weighted by molar-refractivity contribution is -0.123. The number of carbonyl (C=O) groups excluding carboxylic acids is 2. The summed E-state index contributed by atoms with van der Waals surface area (Å²) in [6, 6.07) is 0.503. The zero-order valence-corrected chi connectivity index (χ0v) is 13.0. The molecule has 0 aromatic carbocycles. The molecule has 0 fully saturated rings. The van der Waals surface area contributed by atoms with Gasteiger partial charge in [-0.1, -0.05) is 20.8 Å². The van der Waals surface area contributed by atoms with E-state index >= 15 is 0 Å². The van der Waals surface area contributed by atoms with Gasteiger partial charge in [-0.05, 0) is 24.8 Å². The van der Waals surface area contributed by atoms with Gasteiger partial charge >= 0.3 is 0 Å². The Labute approximate surface area is 124 Å². The van der Waals surface area contributed by atoms with Crippen LogP contribution in [0.4, 0.5) is 0 Å². The van der Waals surface area contributed by atoms with Crippen molar-refractivity contribution < 1.29 is 19.1 Å². The Morgan fingerprint density at radius 3 is 2.48 bits per heavy atom. The first-order valence-electron chi connectivity index (χ1n) is 6.97. The molecule has 0 aliphatic heterocycles. The summed E-state index contributed by atoms with van der Waals surface area (Å²) in [5, 5.41) is 14.7. The molecular weight excluding hydrogens is 272 g/mol. The van der Waals surface area contributed by atoms with E-state index in [1.54, 1.807) is 6.92 Å². The maximum absolute atomic E-state index is 12.0. The highest BCUT2D eigenvalue weighted by atomic mass is 16.3. The second kappa shape index (κ2) is 7.26. The molecule has 2 amide bonds. The Hall–Kier alpha value is -1.82. The monoisotopic (exact) mass is 296 g/mol. The highest BCUT2D eigenvalue weighted by Crippen LogP contribution is 2.20. The van der Waals surface area contributed by atoms with Crippen LogP contribution in [0.15, 0.2) is 23.0 Å². The van der Waals surface area contributed by atoms with Crippen LogP contribution in [-0.2, 0) is 4.79 Å². The fourth-order valence-corrected chi connectivity index (χ4v) is 1.97. The molecule has 118 valence electrons. The van der Waals surface area contributed by atoms with Crippen LogP contribution in [0.5, 0.6) is 0 Å². The second-order valence-corrected chi connectivity index (χ2v) is 6.36. The van der Waals surface area contributed by atoms with E-state index in [0.717, 1.165) is 0 Å². The second-order valence-electron chi connectivity index (χ2n) is 6.36. The number of rotatable bonds is 6. The lowest BCUT2D eigenvalue weighted by atomic mass is 9.88. The van der Waals surface area contributed by atoms with E-state index in [0.29, 0.717) is 12.0 Å². The summed E-state index contributed by atoms with van der Waals surface area (Å²) in [5.41, 5.74) is 0.354. The van der Waals surface area contributed by atoms with Crippen molar-refractivity contribution >= 4 is 11.8 Å². The van der Waals surface area contributed by atoms with Gasteiger partial charge in [0.25, 0.3) is 5.91 Å². The summed E-state index contributed by atoms with van der Waals surface area (Å²) in [7, 11) is 0. The van der Waals surface area contributed by atoms with Crippen LogP contribution in [0.2, 0.25) is 0 Å². The average Bonchev–Trinajstić information content (AvgIpc) is 2.89. The van der Waals surface area contributed by atoms with Crippen molar-refractivity contribution in [3.63, 3.8) is 0 Å². The normalized spacial score (nSPS) is 14.3. The molecule has 1 heterocycles. The van der Waals surface area contributed by atoms with Gasteiger partial charge in [-0.3, -0.25) is 9.59 Å². The van der Waals surface area contributed by atoms with Gasteiger partial charge < -0.3 is 20.2 Å². The molecule has 0 aliphatic rings. The van der Waals surface area contributed by atoms with Crippen molar-refractivity contribution in [2.24, 2.45) is 5.41 Å². The van der Waals surface area contributed by atoms with Crippen LogP contribution in [0.25, 0.3) is 0 Å². The first-order valence-corrected chi connectivity index (χ1v) is 6.97. The highest BCUT2D eigenvalue weighted by molar-refractivity contribution is 5.97. The predicted octanol–water partition coefficient (Wildman–Crippen LogP) is 1.31. The molecule has 0 aliphatic carbocycles. The van der Waals surface area contributed by atoms with Gasteiger partial charge in [-0.15, -0.1) is 0 Å². The molecule has 21 heavy (non-hydrogen) atoms. The Morgan fingerprint density at radius 1 is 1.33 bits per heavy atom. The topological polar surface area (TPSA) is 91.6 Å². The van der Waals surface area contributed by atoms with E-state index < -0.39 is 6.04 Å². The molecule has 0 radical (unpaired) electrons. The zero-order valence-electron chi connectivity index (χ0n) is 13.0. The van der Waals surface area contributed by atoms with Crippen LogP contribution < -0.4 is 10.6 Å². The lowest BCUT2D eigenvalue weighted by Crippen LogP contribution is -2.49. The van der Waals surface area contributed by atoms with Gasteiger partial charge in [0.15, 0.2) is 0 Å². The number of carbonyl (C=O) groups is 2. The average molecular weight is 296 g/mol. The number of hydrogen-bond acceptors (Lipinski definition) is 4. The molecule has 6 nitrogen and oxygen atoms in total. The van der Waals surface area contributed by atoms with Gasteiger partial charge in [-0.25, -0.2) is 0 Å². The van der Waals surface area contributed by atoms with Crippen LogP contribution in [0.1, 0.15) is 44.5 Å². The smallest absolute Gasteiger partial charge is 0.255 e. The van der Waals surface area contributed by atoms with Gasteiger partial charge in [0.2, 0.25) is 5.91 Å². The maximum Gasteiger partial charge on any atom is 0.255 e. The highest BCUT2D eigenvalue weighted by Gasteiger charge is 2.23. The molecule has 0 bridgehead atoms. The number of aliphatic hydroxyl groups is 1. The van der Waals surface area contributed by atoms with E-state index in [1.807, 2.05) is 20.8 Å². The minimum atomic E-state index is -0.693. The van der Waals surface area contributed by atoms with E-state index in [9.17, 15) is 14.7 Å². The third-order valence-electron chi connectivity index (χ3n) is 2.95. The Bertz CT molecular complexity index is 463. The fourth-order valence-electron chi connectivity index (χ4n) is 1.97. The summed E-state index contributed by atoms with van der Waals surface area (Å²) in [5.74, 6) is -0.696. The number of amides is 2. The number of furan rings is 1. The zero-order chi connectivity index (χ0) is 16.0. The lowest BCUT2D eigenvalue weighted by Gasteiger charge is -2.26. The minimum absolute atomic E-state index is 0.00996. The maximum atomic E-state index is 12.0. The summed E-state index contributed by atoms with van der Waals surface area (Å²) in [6.45, 7) is 7.56. The molecule has 0 spiro atoms. The third kappa shape index (κ3) is 5.99. The molecule has 0 saturated heterocycles. The van der Waals surface area contributed by atoms with Gasteiger partial charge in [-0.2, -0.15) is 0 Å². The van der Waals surface area contributed by atoms with Gasteiger partial charge in [0.1, 0.15) is 12.3 Å². The molecule has 0 saturated carbocycles. The Balaban J connectivity index is 2.52. The van der Waals surface area contributed by atoms with E-state index in [4.69, 9.17) is 4.42 Å². The fraction of sp³-hybridized carbons (Fsp3) is 0.600. The van der Waals surface area contributed by atoms with Crippen molar-refractivity contribution in [3.05, 3.63) is 24.2 Å². The largest absolute Gasteiger partial charge is 0.472 e. The van der Waals surface area contributed by atoms with Crippen LogP contribution in [-0.4, -0.2) is 35.6 Å². The van der Waals surface area contributed by atoms with Gasteiger partial charge in [0, 0.05) is 0 Å². The van der Waals surface area contributed by atoms with Crippen LogP contribution >= 0.6 is 0 Å². The summed E-state index contributed by atoms with van der Waals surface area (Å²) in [6.07, 6.45) is 3.36. The van der Waals surface area contributed by atoms with Crippen molar-refractivity contribution in [1.82, 2.24) is 10.6 Å². The molecule has 2 atom stereocenters. The van der Waals surface area contributed by atoms with Crippen LogP contribution in [0.3, 0.4) is 0 Å². The quantitative estimate of drug-likeness (QED) is 0.738. The molecular formula is C15H24N2O4. The molecule has 3 N–H and O–H groups in total. The molecule has 2 unspecified atom stereocenters. The van der Waals surface area contributed by atoms with Gasteiger partial charge in [0.05, 0.1) is 24.5 Å². The van der Waals surface area contributed by atoms with Crippen molar-refractivity contribution in [2.45, 2.75) is 46.2 Å². The van der Waals surface area contributed by atoms with Crippen LogP contribution in [0, 0.1) is 5.41 Å². The molecule has 1 aromatic heterocycles. The summed E-state index contributed by atoms with van der Waals surface area (Å²) >= 11 is 0. The Morgan fingerprint density at radius 2 is 2.00 bits per heavy atom. The van der Waals surface area contributed by atoms with Crippen molar-refractivity contribution in [2.75, 3.05) is 6.61 Å². The first-order chi connectivity index (χ1) is 9.73. The minimum Gasteiger partial charge on any atom is -0.472 e. The number of aliphatic hydroxyl groups excluding tert-OH is 1. The SMILES string of the molecule is CC(NC(=O)c1ccoc1)C(=O)NC(CO)CC(C)(C)C. The van der Waals surface area contributed by atoms with E-state index in [1.165, 1.54) is 18.6 Å². The predicted molar refractivity (Wildman–Crippen MR) is 78.7 cm³/mol. The molecule has 1 rings (SSSR count). The standard InChI is InChI=1S/C15H24N2O4/c1-10(16-14(20)11-5-6-21-9-11)13(19)17-12(8-18)7-15(2,3)4/h5-6,9-10,12,18H,7-8H2,1-4H3,(H,16,20)(H,17,19). The third-order valence-corrected chi connectivity index (χ3v) is 2.95. The Kier molecular flexibility index (Phi) is 5.96. The molecule has 6 heteroatoms. The number of hydrogen-bond donors (Lipinski definition) is 3. The van der Waals surface area contributed by atoms with Crippen molar-refractivity contribution in [1.29, 1.82) is 0 Å².